The second-order valence-electron chi connectivity index (χ2n) is 5.83. The Hall–Kier alpha value is -3.92. The number of carbonyl (C=O) groups excluding carboxylic acids is 1. The van der Waals surface area contributed by atoms with Crippen molar-refractivity contribution >= 4 is 28.6 Å². The zero-order chi connectivity index (χ0) is 20.1. The number of fused-ring (bicyclic) bond motifs is 1. The molecule has 0 radical (unpaired) electrons. The van der Waals surface area contributed by atoms with Crippen molar-refractivity contribution in [2.75, 3.05) is 26.6 Å². The summed E-state index contributed by atoms with van der Waals surface area (Å²) in [6.07, 6.45) is 3.31. The fraction of sp³-hybridized carbons (Fsp3) is 0.143. The number of nitrogens with one attached hydrogen (secondary N) is 2. The van der Waals surface area contributed by atoms with Crippen molar-refractivity contribution in [3.05, 3.63) is 53.7 Å². The molecule has 0 bridgehead atoms. The molecule has 3 rings (SSSR count). The molecule has 0 spiro atoms. The number of hydrogen-bond acceptors (Lipinski definition) is 5. The van der Waals surface area contributed by atoms with E-state index in [1.807, 2.05) is 30.3 Å². The second kappa shape index (κ2) is 8.18. The van der Waals surface area contributed by atoms with E-state index in [0.29, 0.717) is 22.9 Å². The van der Waals surface area contributed by atoms with Crippen LogP contribution in [0.4, 0.5) is 5.69 Å². The van der Waals surface area contributed by atoms with Gasteiger partial charge in [-0.1, -0.05) is 18.2 Å². The van der Waals surface area contributed by atoms with Crippen molar-refractivity contribution in [2.45, 2.75) is 0 Å². The zero-order valence-electron chi connectivity index (χ0n) is 15.7. The summed E-state index contributed by atoms with van der Waals surface area (Å²) in [7, 11) is 4.47. The van der Waals surface area contributed by atoms with E-state index in [-0.39, 0.29) is 5.57 Å². The van der Waals surface area contributed by atoms with Crippen LogP contribution in [-0.2, 0) is 4.79 Å². The van der Waals surface area contributed by atoms with E-state index in [2.05, 4.69) is 10.3 Å². The number of amides is 1. The summed E-state index contributed by atoms with van der Waals surface area (Å²) in [6.45, 7) is 0. The molecule has 142 valence electrons. The van der Waals surface area contributed by atoms with Crippen LogP contribution in [0, 0.1) is 11.3 Å². The topological polar surface area (TPSA) is 96.4 Å². The number of nitriles is 1. The molecule has 0 atom stereocenters. The fourth-order valence-electron chi connectivity index (χ4n) is 2.87. The number of H-pyrrole nitrogens is 1. The predicted molar refractivity (Wildman–Crippen MR) is 107 cm³/mol. The summed E-state index contributed by atoms with van der Waals surface area (Å²) in [5.74, 6) is 0.674. The summed E-state index contributed by atoms with van der Waals surface area (Å²) in [6, 6.07) is 12.8. The van der Waals surface area contributed by atoms with Gasteiger partial charge in [-0.15, -0.1) is 0 Å². The van der Waals surface area contributed by atoms with Gasteiger partial charge in [0.2, 0.25) is 5.75 Å². The highest BCUT2D eigenvalue weighted by molar-refractivity contribution is 6.11. The number of anilines is 1. The van der Waals surface area contributed by atoms with E-state index in [0.717, 1.165) is 16.5 Å². The van der Waals surface area contributed by atoms with Crippen molar-refractivity contribution in [1.29, 1.82) is 5.26 Å². The van der Waals surface area contributed by atoms with Crippen LogP contribution in [0.15, 0.2) is 48.2 Å². The van der Waals surface area contributed by atoms with Gasteiger partial charge in [0.15, 0.2) is 11.5 Å². The lowest BCUT2D eigenvalue weighted by molar-refractivity contribution is -0.112. The minimum absolute atomic E-state index is 0.0292. The summed E-state index contributed by atoms with van der Waals surface area (Å²) >= 11 is 0. The van der Waals surface area contributed by atoms with E-state index in [1.54, 1.807) is 24.4 Å². The van der Waals surface area contributed by atoms with Gasteiger partial charge in [-0.2, -0.15) is 5.26 Å². The molecule has 7 heteroatoms. The largest absolute Gasteiger partial charge is 0.493 e. The van der Waals surface area contributed by atoms with Crippen LogP contribution >= 0.6 is 0 Å². The number of rotatable bonds is 6. The smallest absolute Gasteiger partial charge is 0.266 e. The standard InChI is InChI=1S/C21H19N3O4/c1-26-18-9-15(10-19(27-2)20(18)28-3)24-21(25)13(11-22)8-14-12-23-17-7-5-4-6-16(14)17/h4-10,12,23H,1-3H3,(H,24,25). The first-order valence-corrected chi connectivity index (χ1v) is 8.40. The molecule has 2 aromatic carbocycles. The molecule has 0 fully saturated rings. The van der Waals surface area contributed by atoms with Crippen LogP contribution in [0.2, 0.25) is 0 Å². The zero-order valence-corrected chi connectivity index (χ0v) is 15.7. The van der Waals surface area contributed by atoms with Crippen molar-refractivity contribution in [1.82, 2.24) is 4.98 Å². The average Bonchev–Trinajstić information content (AvgIpc) is 3.13. The summed E-state index contributed by atoms with van der Waals surface area (Å²) in [5.41, 5.74) is 2.07. The number of aromatic nitrogens is 1. The molecule has 28 heavy (non-hydrogen) atoms. The Morgan fingerprint density at radius 1 is 1.11 bits per heavy atom. The Kier molecular flexibility index (Phi) is 5.51. The Morgan fingerprint density at radius 2 is 1.79 bits per heavy atom. The Morgan fingerprint density at radius 3 is 2.39 bits per heavy atom. The van der Waals surface area contributed by atoms with Crippen molar-refractivity contribution in [2.24, 2.45) is 0 Å². The molecule has 2 N–H and O–H groups in total. The van der Waals surface area contributed by atoms with E-state index in [9.17, 15) is 10.1 Å². The first kappa shape index (κ1) is 18.9. The molecule has 0 aliphatic heterocycles. The Labute approximate surface area is 162 Å². The molecule has 1 aromatic heterocycles. The molecule has 3 aromatic rings. The van der Waals surface area contributed by atoms with Crippen LogP contribution in [-0.4, -0.2) is 32.2 Å². The molecule has 0 aliphatic rings. The van der Waals surface area contributed by atoms with Gasteiger partial charge in [0.05, 0.1) is 21.3 Å². The van der Waals surface area contributed by atoms with E-state index in [4.69, 9.17) is 14.2 Å². The monoisotopic (exact) mass is 377 g/mol. The van der Waals surface area contributed by atoms with Crippen LogP contribution in [0.3, 0.4) is 0 Å². The van der Waals surface area contributed by atoms with Crippen LogP contribution < -0.4 is 19.5 Å². The minimum atomic E-state index is -0.540. The van der Waals surface area contributed by atoms with Crippen LogP contribution in [0.25, 0.3) is 17.0 Å². The fourth-order valence-corrected chi connectivity index (χ4v) is 2.87. The van der Waals surface area contributed by atoms with Gasteiger partial charge in [-0.05, 0) is 12.1 Å². The third-order valence-electron chi connectivity index (χ3n) is 4.21. The third-order valence-corrected chi connectivity index (χ3v) is 4.21. The molecule has 1 heterocycles. The number of ether oxygens (including phenoxy) is 3. The van der Waals surface area contributed by atoms with Gasteiger partial charge in [0, 0.05) is 40.5 Å². The molecule has 7 nitrogen and oxygen atoms in total. The maximum Gasteiger partial charge on any atom is 0.266 e. The van der Waals surface area contributed by atoms with Gasteiger partial charge in [0.1, 0.15) is 11.6 Å². The molecular formula is C21H19N3O4. The molecule has 0 unspecified atom stereocenters. The first-order chi connectivity index (χ1) is 13.6. The number of hydrogen-bond donors (Lipinski definition) is 2. The maximum absolute atomic E-state index is 12.6. The average molecular weight is 377 g/mol. The van der Waals surface area contributed by atoms with Crippen LogP contribution in [0.1, 0.15) is 5.56 Å². The SMILES string of the molecule is COc1cc(NC(=O)C(C#N)=Cc2c[nH]c3ccccc23)cc(OC)c1OC. The second-order valence-corrected chi connectivity index (χ2v) is 5.83. The quantitative estimate of drug-likeness (QED) is 0.504. The van der Waals surface area contributed by atoms with Crippen LogP contribution in [0.5, 0.6) is 17.2 Å². The number of nitrogens with zero attached hydrogens (tertiary/aromatic N) is 1. The minimum Gasteiger partial charge on any atom is -0.493 e. The predicted octanol–water partition coefficient (Wildman–Crippen LogP) is 3.74. The van der Waals surface area contributed by atoms with Gasteiger partial charge >= 0.3 is 0 Å². The van der Waals surface area contributed by atoms with Gasteiger partial charge < -0.3 is 24.5 Å². The lowest BCUT2D eigenvalue weighted by Gasteiger charge is -2.14. The Bertz CT molecular complexity index is 1070. The summed E-state index contributed by atoms with van der Waals surface area (Å²) in [5, 5.41) is 13.1. The summed E-state index contributed by atoms with van der Waals surface area (Å²) < 4.78 is 15.8. The van der Waals surface area contributed by atoms with Gasteiger partial charge in [-0.3, -0.25) is 4.79 Å². The molecular weight excluding hydrogens is 358 g/mol. The number of benzene rings is 2. The highest BCUT2D eigenvalue weighted by atomic mass is 16.5. The molecule has 1 amide bonds. The number of methoxy groups -OCH3 is 3. The third kappa shape index (κ3) is 3.62. The highest BCUT2D eigenvalue weighted by Gasteiger charge is 2.16. The number of aromatic amines is 1. The van der Waals surface area contributed by atoms with E-state index < -0.39 is 5.91 Å². The van der Waals surface area contributed by atoms with Gasteiger partial charge in [0.25, 0.3) is 5.91 Å². The van der Waals surface area contributed by atoms with Crippen molar-refractivity contribution in [3.8, 4) is 23.3 Å². The number of para-hydroxylation sites is 1. The van der Waals surface area contributed by atoms with E-state index in [1.165, 1.54) is 21.3 Å². The Balaban J connectivity index is 1.92. The molecule has 0 saturated carbocycles. The first-order valence-electron chi connectivity index (χ1n) is 8.40. The van der Waals surface area contributed by atoms with Crippen molar-refractivity contribution < 1.29 is 19.0 Å². The lowest BCUT2D eigenvalue weighted by Crippen LogP contribution is -2.13. The van der Waals surface area contributed by atoms with Gasteiger partial charge in [-0.25, -0.2) is 0 Å². The molecule has 0 aliphatic carbocycles. The number of carbonyl (C=O) groups is 1. The summed E-state index contributed by atoms with van der Waals surface area (Å²) in [4.78, 5) is 15.8. The maximum atomic E-state index is 12.6. The van der Waals surface area contributed by atoms with Crippen molar-refractivity contribution in [3.63, 3.8) is 0 Å². The highest BCUT2D eigenvalue weighted by Crippen LogP contribution is 2.40. The molecule has 0 saturated heterocycles. The van der Waals surface area contributed by atoms with E-state index >= 15 is 0 Å². The lowest BCUT2D eigenvalue weighted by atomic mass is 10.1. The normalized spacial score (nSPS) is 11.0.